The van der Waals surface area contributed by atoms with Gasteiger partial charge in [-0.15, -0.1) is 24.8 Å². The SMILES string of the molecule is Cl.Cl.NC1CCN(C(=O)c2ccc(C(F)(F)F)nc2)CC1. The standard InChI is InChI=1S/C12H14F3N3O.2ClH/c13-12(14,15)10-2-1-8(7-17-10)11(19)18-5-3-9(16)4-6-18;;/h1-2,7,9H,3-6,16H2;2*1H. The fourth-order valence-corrected chi connectivity index (χ4v) is 1.97. The van der Waals surface area contributed by atoms with E-state index in [-0.39, 0.29) is 42.3 Å². The van der Waals surface area contributed by atoms with E-state index in [1.807, 2.05) is 0 Å². The van der Waals surface area contributed by atoms with Crippen LogP contribution in [0, 0.1) is 0 Å². The van der Waals surface area contributed by atoms with Crippen molar-refractivity contribution in [3.05, 3.63) is 29.6 Å². The van der Waals surface area contributed by atoms with Crippen LogP contribution in [-0.2, 0) is 6.18 Å². The molecule has 0 saturated carbocycles. The molecule has 2 rings (SSSR count). The molecule has 0 bridgehead atoms. The van der Waals surface area contributed by atoms with Gasteiger partial charge in [-0.1, -0.05) is 0 Å². The first-order chi connectivity index (χ1) is 8.88. The van der Waals surface area contributed by atoms with Crippen LogP contribution in [-0.4, -0.2) is 34.9 Å². The highest BCUT2D eigenvalue weighted by atomic mass is 35.5. The number of nitrogens with two attached hydrogens (primary N) is 1. The minimum absolute atomic E-state index is 0. The Kier molecular flexibility index (Phi) is 7.43. The molecule has 9 heteroatoms. The van der Waals surface area contributed by atoms with Gasteiger partial charge in [0, 0.05) is 25.3 Å². The number of halogens is 5. The number of piperidine rings is 1. The second-order valence-corrected chi connectivity index (χ2v) is 4.56. The van der Waals surface area contributed by atoms with E-state index in [0.717, 1.165) is 18.3 Å². The van der Waals surface area contributed by atoms with Crippen molar-refractivity contribution in [2.75, 3.05) is 13.1 Å². The van der Waals surface area contributed by atoms with Crippen LogP contribution in [0.3, 0.4) is 0 Å². The third-order valence-corrected chi connectivity index (χ3v) is 3.13. The lowest BCUT2D eigenvalue weighted by Crippen LogP contribution is -2.42. The fourth-order valence-electron chi connectivity index (χ4n) is 1.97. The van der Waals surface area contributed by atoms with Gasteiger partial charge in [0.15, 0.2) is 0 Å². The first kappa shape index (κ1) is 19.9. The number of alkyl halides is 3. The van der Waals surface area contributed by atoms with E-state index in [4.69, 9.17) is 5.73 Å². The van der Waals surface area contributed by atoms with Crippen LogP contribution in [0.5, 0.6) is 0 Å². The van der Waals surface area contributed by atoms with Crippen molar-refractivity contribution in [3.8, 4) is 0 Å². The van der Waals surface area contributed by atoms with E-state index < -0.39 is 11.9 Å². The topological polar surface area (TPSA) is 59.2 Å². The molecule has 0 atom stereocenters. The Balaban J connectivity index is 0.00000200. The lowest BCUT2D eigenvalue weighted by Gasteiger charge is -2.30. The van der Waals surface area contributed by atoms with E-state index >= 15 is 0 Å². The maximum absolute atomic E-state index is 12.3. The molecule has 0 aromatic carbocycles. The van der Waals surface area contributed by atoms with Gasteiger partial charge in [0.25, 0.3) is 5.91 Å². The van der Waals surface area contributed by atoms with E-state index in [0.29, 0.717) is 25.9 Å². The molecule has 120 valence electrons. The first-order valence-electron chi connectivity index (χ1n) is 5.96. The van der Waals surface area contributed by atoms with Gasteiger partial charge in [-0.3, -0.25) is 9.78 Å². The van der Waals surface area contributed by atoms with Gasteiger partial charge in [0.1, 0.15) is 5.69 Å². The van der Waals surface area contributed by atoms with E-state index in [9.17, 15) is 18.0 Å². The molecule has 0 unspecified atom stereocenters. The van der Waals surface area contributed by atoms with Crippen LogP contribution in [0.1, 0.15) is 28.9 Å². The second-order valence-electron chi connectivity index (χ2n) is 4.56. The number of carbonyl (C=O) groups excluding carboxylic acids is 1. The average Bonchev–Trinajstić information content (AvgIpc) is 2.38. The predicted molar refractivity (Wildman–Crippen MR) is 76.8 cm³/mol. The molecule has 4 nitrogen and oxygen atoms in total. The zero-order valence-electron chi connectivity index (χ0n) is 11.0. The van der Waals surface area contributed by atoms with Crippen LogP contribution in [0.15, 0.2) is 18.3 Å². The zero-order chi connectivity index (χ0) is 14.0. The number of pyridine rings is 1. The van der Waals surface area contributed by atoms with Gasteiger partial charge >= 0.3 is 6.18 Å². The van der Waals surface area contributed by atoms with Crippen molar-refractivity contribution < 1.29 is 18.0 Å². The molecule has 2 heterocycles. The molecule has 1 amide bonds. The summed E-state index contributed by atoms with van der Waals surface area (Å²) in [4.78, 5) is 16.9. The van der Waals surface area contributed by atoms with E-state index in [2.05, 4.69) is 4.98 Å². The molecule has 1 aliphatic rings. The molecule has 1 fully saturated rings. The summed E-state index contributed by atoms with van der Waals surface area (Å²) in [7, 11) is 0. The molecule has 0 aliphatic carbocycles. The van der Waals surface area contributed by atoms with Crippen molar-refractivity contribution in [2.45, 2.75) is 25.1 Å². The van der Waals surface area contributed by atoms with Crippen LogP contribution in [0.2, 0.25) is 0 Å². The Hall–Kier alpha value is -1.05. The van der Waals surface area contributed by atoms with Gasteiger partial charge in [0.2, 0.25) is 0 Å². The van der Waals surface area contributed by atoms with Gasteiger partial charge in [-0.05, 0) is 25.0 Å². The Bertz CT molecular complexity index is 460. The van der Waals surface area contributed by atoms with Crippen molar-refractivity contribution in [1.29, 1.82) is 0 Å². The number of hydrogen-bond acceptors (Lipinski definition) is 3. The summed E-state index contributed by atoms with van der Waals surface area (Å²) in [5, 5.41) is 0. The lowest BCUT2D eigenvalue weighted by molar-refractivity contribution is -0.141. The highest BCUT2D eigenvalue weighted by Gasteiger charge is 2.32. The lowest BCUT2D eigenvalue weighted by atomic mass is 10.1. The van der Waals surface area contributed by atoms with Crippen LogP contribution in [0.25, 0.3) is 0 Å². The molecular weight excluding hydrogens is 330 g/mol. The fraction of sp³-hybridized carbons (Fsp3) is 0.500. The molecule has 1 saturated heterocycles. The third-order valence-electron chi connectivity index (χ3n) is 3.13. The molecule has 21 heavy (non-hydrogen) atoms. The van der Waals surface area contributed by atoms with Crippen LogP contribution < -0.4 is 5.73 Å². The Labute approximate surface area is 132 Å². The van der Waals surface area contributed by atoms with Gasteiger partial charge in [0.05, 0.1) is 5.56 Å². The summed E-state index contributed by atoms with van der Waals surface area (Å²) in [6.45, 7) is 1.06. The monoisotopic (exact) mass is 345 g/mol. The molecule has 0 radical (unpaired) electrons. The number of aromatic nitrogens is 1. The number of hydrogen-bond donors (Lipinski definition) is 1. The van der Waals surface area contributed by atoms with E-state index in [1.54, 1.807) is 4.90 Å². The number of carbonyl (C=O) groups is 1. The highest BCUT2D eigenvalue weighted by Crippen LogP contribution is 2.27. The van der Waals surface area contributed by atoms with Crippen LogP contribution in [0.4, 0.5) is 13.2 Å². The summed E-state index contributed by atoms with van der Waals surface area (Å²) in [6.07, 6.45) is -2.10. The molecule has 1 aromatic heterocycles. The smallest absolute Gasteiger partial charge is 0.338 e. The van der Waals surface area contributed by atoms with Crippen molar-refractivity contribution in [2.24, 2.45) is 5.73 Å². The summed E-state index contributed by atoms with van der Waals surface area (Å²) >= 11 is 0. The predicted octanol–water partition coefficient (Wildman–Crippen LogP) is 2.51. The minimum atomic E-state index is -4.49. The quantitative estimate of drug-likeness (QED) is 0.850. The number of nitrogens with zero attached hydrogens (tertiary/aromatic N) is 2. The summed E-state index contributed by atoms with van der Waals surface area (Å²) in [5.41, 5.74) is 4.90. The number of likely N-dealkylation sites (tertiary alicyclic amines) is 1. The largest absolute Gasteiger partial charge is 0.433 e. The Morgan fingerprint density at radius 3 is 2.24 bits per heavy atom. The van der Waals surface area contributed by atoms with Crippen molar-refractivity contribution in [1.82, 2.24) is 9.88 Å². The third kappa shape index (κ3) is 5.01. The maximum atomic E-state index is 12.3. The molecular formula is C12H16Cl2F3N3O. The average molecular weight is 346 g/mol. The summed E-state index contributed by atoms with van der Waals surface area (Å²) in [5.74, 6) is -0.298. The van der Waals surface area contributed by atoms with Gasteiger partial charge in [-0.2, -0.15) is 13.2 Å². The minimum Gasteiger partial charge on any atom is -0.338 e. The normalized spacial score (nSPS) is 15.9. The highest BCUT2D eigenvalue weighted by molar-refractivity contribution is 5.94. The maximum Gasteiger partial charge on any atom is 0.433 e. The molecule has 1 aromatic rings. The van der Waals surface area contributed by atoms with E-state index in [1.165, 1.54) is 0 Å². The first-order valence-corrected chi connectivity index (χ1v) is 5.96. The van der Waals surface area contributed by atoms with Crippen LogP contribution >= 0.6 is 24.8 Å². The Morgan fingerprint density at radius 1 is 1.24 bits per heavy atom. The number of amides is 1. The zero-order valence-corrected chi connectivity index (χ0v) is 12.6. The molecule has 2 N–H and O–H groups in total. The second kappa shape index (κ2) is 7.82. The number of rotatable bonds is 1. The molecule has 1 aliphatic heterocycles. The van der Waals surface area contributed by atoms with Crippen molar-refractivity contribution >= 4 is 30.7 Å². The van der Waals surface area contributed by atoms with Crippen molar-refractivity contribution in [3.63, 3.8) is 0 Å². The Morgan fingerprint density at radius 2 is 1.81 bits per heavy atom. The molecule has 0 spiro atoms. The summed E-state index contributed by atoms with van der Waals surface area (Å²) in [6, 6.07) is 2.07. The summed E-state index contributed by atoms with van der Waals surface area (Å²) < 4.78 is 37.0. The van der Waals surface area contributed by atoms with Gasteiger partial charge < -0.3 is 10.6 Å². The van der Waals surface area contributed by atoms with Gasteiger partial charge in [-0.25, -0.2) is 0 Å².